The van der Waals surface area contributed by atoms with Crippen LogP contribution < -0.4 is 10.4 Å². The summed E-state index contributed by atoms with van der Waals surface area (Å²) in [5.41, 5.74) is 0.520. The molecule has 16 heavy (non-hydrogen) atoms. The van der Waals surface area contributed by atoms with E-state index in [9.17, 15) is 4.79 Å². The monoisotopic (exact) mass is 213 g/mol. The molecule has 0 radical (unpaired) electrons. The van der Waals surface area contributed by atoms with Crippen molar-refractivity contribution in [1.82, 2.24) is 0 Å². The van der Waals surface area contributed by atoms with Crippen LogP contribution in [-0.2, 0) is 9.53 Å². The van der Waals surface area contributed by atoms with E-state index in [1.165, 1.54) is 7.11 Å². The van der Waals surface area contributed by atoms with E-state index in [1.54, 1.807) is 18.5 Å². The summed E-state index contributed by atoms with van der Waals surface area (Å²) in [5.74, 6) is -0.353. The fourth-order valence-corrected chi connectivity index (χ4v) is 1.56. The van der Waals surface area contributed by atoms with E-state index in [4.69, 9.17) is 4.74 Å². The van der Waals surface area contributed by atoms with Gasteiger partial charge in [0.1, 0.15) is 0 Å². The number of rotatable bonds is 1. The molecule has 0 aromatic heterocycles. The highest BCUT2D eigenvalue weighted by Crippen LogP contribution is 1.99. The standard InChI is InChI=1S/C13H11NO2/c1-16-13(15)12-7-9-14-8-6-10-4-2-3-5-11(10)12/h2-9H,1H3/b8-6?,9-7-,10-6-,12-7?,12-11+,14-8-,14-9?. The van der Waals surface area contributed by atoms with Crippen molar-refractivity contribution in [2.24, 2.45) is 4.99 Å². The van der Waals surface area contributed by atoms with Gasteiger partial charge >= 0.3 is 5.97 Å². The van der Waals surface area contributed by atoms with Crippen molar-refractivity contribution in [1.29, 1.82) is 0 Å². The second-order valence-electron chi connectivity index (χ2n) is 3.27. The molecule has 1 aromatic rings. The number of carbonyl (C=O) groups is 1. The maximum atomic E-state index is 11.6. The third-order valence-electron chi connectivity index (χ3n) is 2.32. The minimum absolute atomic E-state index is 0.353. The minimum Gasteiger partial charge on any atom is -0.465 e. The van der Waals surface area contributed by atoms with E-state index in [2.05, 4.69) is 4.99 Å². The Morgan fingerprint density at radius 1 is 1.31 bits per heavy atom. The summed E-state index contributed by atoms with van der Waals surface area (Å²) in [5, 5.41) is 1.81. The Labute approximate surface area is 93.1 Å². The Bertz CT molecular complexity index is 582. The van der Waals surface area contributed by atoms with Crippen molar-refractivity contribution in [3.63, 3.8) is 0 Å². The van der Waals surface area contributed by atoms with Gasteiger partial charge in [0.05, 0.1) is 12.7 Å². The van der Waals surface area contributed by atoms with E-state index in [0.717, 1.165) is 10.4 Å². The van der Waals surface area contributed by atoms with E-state index in [-0.39, 0.29) is 5.97 Å². The summed E-state index contributed by atoms with van der Waals surface area (Å²) in [6, 6.07) is 7.64. The molecule has 3 nitrogen and oxygen atoms in total. The minimum atomic E-state index is -0.353. The lowest BCUT2D eigenvalue weighted by Gasteiger charge is -2.01. The fourth-order valence-electron chi connectivity index (χ4n) is 1.56. The average molecular weight is 213 g/mol. The SMILES string of the molecule is COC(=O)C1=c2\cccc\c2=C\C=N/C=C\1. The van der Waals surface area contributed by atoms with E-state index < -0.39 is 0 Å². The Morgan fingerprint density at radius 2 is 2.12 bits per heavy atom. The van der Waals surface area contributed by atoms with Crippen molar-refractivity contribution in [2.45, 2.75) is 0 Å². The van der Waals surface area contributed by atoms with Gasteiger partial charge in [0.25, 0.3) is 0 Å². The molecule has 0 bridgehead atoms. The number of hydrogen-bond donors (Lipinski definition) is 0. The number of esters is 1. The maximum Gasteiger partial charge on any atom is 0.338 e. The van der Waals surface area contributed by atoms with Crippen molar-refractivity contribution < 1.29 is 9.53 Å². The average Bonchev–Trinajstić information content (AvgIpc) is 2.29. The molecule has 0 N–H and O–H groups in total. The van der Waals surface area contributed by atoms with Crippen LogP contribution in [0.1, 0.15) is 0 Å². The van der Waals surface area contributed by atoms with Crippen molar-refractivity contribution >= 4 is 23.8 Å². The molecule has 1 aliphatic rings. The highest BCUT2D eigenvalue weighted by Gasteiger charge is 2.07. The number of methoxy groups -OCH3 is 1. The van der Waals surface area contributed by atoms with Crippen LogP contribution in [0.15, 0.2) is 41.5 Å². The molecular weight excluding hydrogens is 202 g/mol. The first-order valence-corrected chi connectivity index (χ1v) is 4.90. The summed E-state index contributed by atoms with van der Waals surface area (Å²) < 4.78 is 4.75. The molecule has 0 fully saturated rings. The lowest BCUT2D eigenvalue weighted by Crippen LogP contribution is -2.29. The summed E-state index contributed by atoms with van der Waals surface area (Å²) in [4.78, 5) is 15.6. The highest BCUT2D eigenvalue weighted by atomic mass is 16.5. The Balaban J connectivity index is 2.82. The van der Waals surface area contributed by atoms with Gasteiger partial charge in [-0.05, 0) is 22.6 Å². The zero-order valence-corrected chi connectivity index (χ0v) is 8.88. The normalized spacial score (nSPS) is 22.9. The first-order valence-electron chi connectivity index (χ1n) is 4.90. The zero-order valence-electron chi connectivity index (χ0n) is 8.88. The molecule has 2 rings (SSSR count). The van der Waals surface area contributed by atoms with Crippen LogP contribution in [0, 0.1) is 0 Å². The molecule has 0 saturated heterocycles. The second-order valence-corrected chi connectivity index (χ2v) is 3.27. The molecule has 3 heteroatoms. The number of aliphatic imine (C=N–C) groups is 1. The summed E-state index contributed by atoms with van der Waals surface area (Å²) in [6.07, 6.45) is 6.80. The molecule has 0 unspecified atom stereocenters. The highest BCUT2D eigenvalue weighted by molar-refractivity contribution is 6.14. The Morgan fingerprint density at radius 3 is 2.94 bits per heavy atom. The summed E-state index contributed by atoms with van der Waals surface area (Å²) >= 11 is 0. The van der Waals surface area contributed by atoms with Crippen molar-refractivity contribution in [3.05, 3.63) is 47.0 Å². The topological polar surface area (TPSA) is 38.7 Å². The number of fused-ring (bicyclic) bond motifs is 1. The molecule has 1 heterocycles. The van der Waals surface area contributed by atoms with Crippen LogP contribution in [0.5, 0.6) is 0 Å². The van der Waals surface area contributed by atoms with E-state index in [0.29, 0.717) is 5.57 Å². The van der Waals surface area contributed by atoms with Crippen molar-refractivity contribution in [2.75, 3.05) is 7.11 Å². The third-order valence-corrected chi connectivity index (χ3v) is 2.32. The Kier molecular flexibility index (Phi) is 2.96. The third kappa shape index (κ3) is 1.93. The molecule has 0 aliphatic carbocycles. The lowest BCUT2D eigenvalue weighted by atomic mass is 10.1. The number of nitrogens with zero attached hydrogens (tertiary/aromatic N) is 1. The summed E-state index contributed by atoms with van der Waals surface area (Å²) in [7, 11) is 1.37. The molecule has 0 amide bonds. The quantitative estimate of drug-likeness (QED) is 0.633. The second kappa shape index (κ2) is 4.57. The van der Waals surface area contributed by atoms with Crippen LogP contribution in [0.4, 0.5) is 0 Å². The van der Waals surface area contributed by atoms with Crippen LogP contribution in [-0.4, -0.2) is 19.3 Å². The predicted octanol–water partition coefficient (Wildman–Crippen LogP) is 0.389. The number of carbonyl (C=O) groups excluding carboxylic acids is 1. The number of ether oxygens (including phenoxy) is 1. The fraction of sp³-hybridized carbons (Fsp3) is 0.0769. The van der Waals surface area contributed by atoms with Crippen molar-refractivity contribution in [3.8, 4) is 0 Å². The van der Waals surface area contributed by atoms with E-state index >= 15 is 0 Å². The van der Waals surface area contributed by atoms with Gasteiger partial charge < -0.3 is 4.74 Å². The van der Waals surface area contributed by atoms with Gasteiger partial charge in [-0.2, -0.15) is 0 Å². The largest absolute Gasteiger partial charge is 0.465 e. The molecule has 1 aliphatic heterocycles. The summed E-state index contributed by atoms with van der Waals surface area (Å²) in [6.45, 7) is 0. The van der Waals surface area contributed by atoms with Gasteiger partial charge in [0.2, 0.25) is 0 Å². The first kappa shape index (κ1) is 10.4. The lowest BCUT2D eigenvalue weighted by molar-refractivity contribution is -0.133. The van der Waals surface area contributed by atoms with Gasteiger partial charge in [-0.15, -0.1) is 0 Å². The van der Waals surface area contributed by atoms with Crippen LogP contribution in [0.2, 0.25) is 0 Å². The van der Waals surface area contributed by atoms with Gasteiger partial charge in [0.15, 0.2) is 0 Å². The number of benzene rings is 1. The van der Waals surface area contributed by atoms with Crippen LogP contribution >= 0.6 is 0 Å². The molecule has 0 spiro atoms. The zero-order chi connectivity index (χ0) is 11.4. The maximum absolute atomic E-state index is 11.6. The molecular formula is C13H11NO2. The molecule has 1 aromatic carbocycles. The number of hydrogen-bond acceptors (Lipinski definition) is 3. The predicted molar refractivity (Wildman–Crippen MR) is 63.2 cm³/mol. The van der Waals surface area contributed by atoms with Gasteiger partial charge in [-0.1, -0.05) is 24.3 Å². The van der Waals surface area contributed by atoms with Crippen LogP contribution in [0.25, 0.3) is 11.6 Å². The first-order chi connectivity index (χ1) is 7.83. The van der Waals surface area contributed by atoms with Gasteiger partial charge in [-0.25, -0.2) is 4.79 Å². The molecule has 0 saturated carbocycles. The Hall–Kier alpha value is -2.16. The van der Waals surface area contributed by atoms with Crippen LogP contribution in [0.3, 0.4) is 0 Å². The van der Waals surface area contributed by atoms with Gasteiger partial charge in [-0.3, -0.25) is 4.99 Å². The molecule has 0 atom stereocenters. The molecule has 80 valence electrons. The smallest absolute Gasteiger partial charge is 0.338 e. The van der Waals surface area contributed by atoms with E-state index in [1.807, 2.05) is 30.3 Å². The van der Waals surface area contributed by atoms with Gasteiger partial charge in [0, 0.05) is 12.4 Å².